The monoisotopic (exact) mass is 326 g/mol. The first kappa shape index (κ1) is 16.8. The highest BCUT2D eigenvalue weighted by molar-refractivity contribution is 7.89. The highest BCUT2D eigenvalue weighted by atomic mass is 32.2. The Labute approximate surface area is 131 Å². The van der Waals surface area contributed by atoms with E-state index in [1.54, 1.807) is 19.2 Å². The summed E-state index contributed by atoms with van der Waals surface area (Å²) < 4.78 is 32.0. The minimum atomic E-state index is -3.60. The van der Waals surface area contributed by atoms with E-state index in [-0.39, 0.29) is 16.9 Å². The van der Waals surface area contributed by atoms with Crippen molar-refractivity contribution >= 4 is 16.1 Å². The van der Waals surface area contributed by atoms with Gasteiger partial charge in [0.05, 0.1) is 11.4 Å². The molecular weight excluding hydrogens is 304 g/mol. The lowest BCUT2D eigenvalue weighted by molar-refractivity contribution is 0.135. The standard InChI is InChI=1S/C15H22N2O4S/c1-15(2,3)11-5-7-13(8-6-11)22(19,20)16-9-12-10-17(4)14(18)21-12/h5-8,12,16H,9-10H2,1-4H3. The number of hydrogen-bond acceptors (Lipinski definition) is 4. The predicted octanol–water partition coefficient (Wildman–Crippen LogP) is 1.71. The Balaban J connectivity index is 2.03. The van der Waals surface area contributed by atoms with Crippen molar-refractivity contribution in [3.63, 3.8) is 0 Å². The maximum atomic E-state index is 12.2. The number of benzene rings is 1. The summed E-state index contributed by atoms with van der Waals surface area (Å²) in [6, 6.07) is 6.82. The van der Waals surface area contributed by atoms with Gasteiger partial charge in [-0.25, -0.2) is 17.9 Å². The number of likely N-dealkylation sites (N-methyl/N-ethyl adjacent to an activating group) is 1. The third kappa shape index (κ3) is 3.78. The van der Waals surface area contributed by atoms with Crippen LogP contribution in [0, 0.1) is 0 Å². The number of nitrogens with zero attached hydrogens (tertiary/aromatic N) is 1. The minimum absolute atomic E-state index is 0.0294. The van der Waals surface area contributed by atoms with Crippen molar-refractivity contribution in [1.82, 2.24) is 9.62 Å². The number of amides is 1. The van der Waals surface area contributed by atoms with Gasteiger partial charge in [0.15, 0.2) is 0 Å². The molecule has 1 amide bonds. The van der Waals surface area contributed by atoms with E-state index < -0.39 is 22.2 Å². The Hall–Kier alpha value is -1.60. The number of ether oxygens (including phenoxy) is 1. The molecule has 0 radical (unpaired) electrons. The molecule has 1 aliphatic rings. The lowest BCUT2D eigenvalue weighted by Gasteiger charge is -2.19. The van der Waals surface area contributed by atoms with Crippen LogP contribution < -0.4 is 4.72 Å². The Morgan fingerprint density at radius 1 is 1.27 bits per heavy atom. The highest BCUT2D eigenvalue weighted by Crippen LogP contribution is 2.23. The second kappa shape index (κ2) is 5.89. The quantitative estimate of drug-likeness (QED) is 0.914. The van der Waals surface area contributed by atoms with Crippen molar-refractivity contribution < 1.29 is 17.9 Å². The summed E-state index contributed by atoms with van der Waals surface area (Å²) in [6.45, 7) is 6.66. The van der Waals surface area contributed by atoms with Crippen LogP contribution >= 0.6 is 0 Å². The average molecular weight is 326 g/mol. The lowest BCUT2D eigenvalue weighted by atomic mass is 9.87. The molecule has 1 aromatic rings. The van der Waals surface area contributed by atoms with Crippen LogP contribution in [0.2, 0.25) is 0 Å². The zero-order valence-electron chi connectivity index (χ0n) is 13.3. The fraction of sp³-hybridized carbons (Fsp3) is 0.533. The van der Waals surface area contributed by atoms with E-state index >= 15 is 0 Å². The van der Waals surface area contributed by atoms with Crippen molar-refractivity contribution in [1.29, 1.82) is 0 Å². The van der Waals surface area contributed by atoms with Gasteiger partial charge in [-0.2, -0.15) is 0 Å². The molecule has 1 saturated heterocycles. The first-order valence-electron chi connectivity index (χ1n) is 7.11. The van der Waals surface area contributed by atoms with Crippen molar-refractivity contribution in [3.8, 4) is 0 Å². The number of hydrogen-bond donors (Lipinski definition) is 1. The maximum absolute atomic E-state index is 12.2. The first-order chi connectivity index (χ1) is 10.1. The summed E-state index contributed by atoms with van der Waals surface area (Å²) in [6.07, 6.45) is -0.889. The zero-order chi connectivity index (χ0) is 16.5. The molecule has 22 heavy (non-hydrogen) atoms. The molecule has 0 spiro atoms. The van der Waals surface area contributed by atoms with Gasteiger partial charge in [0.2, 0.25) is 10.0 Å². The molecule has 1 N–H and O–H groups in total. The van der Waals surface area contributed by atoms with Gasteiger partial charge in [-0.1, -0.05) is 32.9 Å². The molecular formula is C15H22N2O4S. The topological polar surface area (TPSA) is 75.7 Å². The van der Waals surface area contributed by atoms with E-state index in [0.29, 0.717) is 6.54 Å². The molecule has 6 nitrogen and oxygen atoms in total. The van der Waals surface area contributed by atoms with Crippen LogP contribution in [0.15, 0.2) is 29.2 Å². The number of sulfonamides is 1. The maximum Gasteiger partial charge on any atom is 0.410 e. The number of nitrogens with one attached hydrogen (secondary N) is 1. The largest absolute Gasteiger partial charge is 0.443 e. The summed E-state index contributed by atoms with van der Waals surface area (Å²) in [5.41, 5.74) is 1.04. The molecule has 1 heterocycles. The van der Waals surface area contributed by atoms with Gasteiger partial charge >= 0.3 is 6.09 Å². The molecule has 1 unspecified atom stereocenters. The molecule has 0 saturated carbocycles. The molecule has 7 heteroatoms. The third-order valence-electron chi connectivity index (χ3n) is 3.59. The summed E-state index contributed by atoms with van der Waals surface area (Å²) in [5, 5.41) is 0. The number of cyclic esters (lactones) is 1. The Morgan fingerprint density at radius 3 is 2.32 bits per heavy atom. The van der Waals surface area contributed by atoms with Crippen molar-refractivity contribution in [3.05, 3.63) is 29.8 Å². The number of carbonyl (C=O) groups is 1. The van der Waals surface area contributed by atoms with E-state index in [1.165, 1.54) is 4.90 Å². The molecule has 1 fully saturated rings. The van der Waals surface area contributed by atoms with Gasteiger partial charge in [-0.05, 0) is 23.1 Å². The molecule has 1 aromatic carbocycles. The average Bonchev–Trinajstić information content (AvgIpc) is 2.75. The zero-order valence-corrected chi connectivity index (χ0v) is 14.1. The lowest BCUT2D eigenvalue weighted by Crippen LogP contribution is -2.34. The Kier molecular flexibility index (Phi) is 4.49. The number of carbonyl (C=O) groups excluding carboxylic acids is 1. The third-order valence-corrected chi connectivity index (χ3v) is 5.03. The van der Waals surface area contributed by atoms with Gasteiger partial charge in [-0.3, -0.25) is 0 Å². The van der Waals surface area contributed by atoms with Crippen LogP contribution in [0.4, 0.5) is 4.79 Å². The van der Waals surface area contributed by atoms with E-state index in [1.807, 2.05) is 12.1 Å². The molecule has 0 bridgehead atoms. The molecule has 122 valence electrons. The van der Waals surface area contributed by atoms with Crippen LogP contribution in [-0.4, -0.2) is 45.7 Å². The van der Waals surface area contributed by atoms with E-state index in [9.17, 15) is 13.2 Å². The van der Waals surface area contributed by atoms with Crippen molar-refractivity contribution in [2.45, 2.75) is 37.2 Å². The van der Waals surface area contributed by atoms with E-state index in [0.717, 1.165) is 5.56 Å². The molecule has 0 aromatic heterocycles. The van der Waals surface area contributed by atoms with Gasteiger partial charge in [0.25, 0.3) is 0 Å². The van der Waals surface area contributed by atoms with Gasteiger partial charge in [0, 0.05) is 13.6 Å². The molecule has 1 aliphatic heterocycles. The Bertz CT molecular complexity index is 647. The smallest absolute Gasteiger partial charge is 0.410 e. The van der Waals surface area contributed by atoms with Gasteiger partial charge < -0.3 is 9.64 Å². The first-order valence-corrected chi connectivity index (χ1v) is 8.60. The van der Waals surface area contributed by atoms with Gasteiger partial charge in [0.1, 0.15) is 6.10 Å². The van der Waals surface area contributed by atoms with Crippen molar-refractivity contribution in [2.75, 3.05) is 20.1 Å². The van der Waals surface area contributed by atoms with E-state index in [2.05, 4.69) is 25.5 Å². The summed E-state index contributed by atoms with van der Waals surface area (Å²) in [5.74, 6) is 0. The molecule has 0 aliphatic carbocycles. The highest BCUT2D eigenvalue weighted by Gasteiger charge is 2.29. The second-order valence-corrected chi connectivity index (χ2v) is 8.28. The normalized spacial score (nSPS) is 19.4. The van der Waals surface area contributed by atoms with Crippen LogP contribution in [0.1, 0.15) is 26.3 Å². The second-order valence-electron chi connectivity index (χ2n) is 6.51. The van der Waals surface area contributed by atoms with Crippen LogP contribution in [0.25, 0.3) is 0 Å². The van der Waals surface area contributed by atoms with Crippen LogP contribution in [0.3, 0.4) is 0 Å². The predicted molar refractivity (Wildman–Crippen MR) is 83.2 cm³/mol. The fourth-order valence-electron chi connectivity index (χ4n) is 2.18. The minimum Gasteiger partial charge on any atom is -0.443 e. The number of rotatable bonds is 4. The van der Waals surface area contributed by atoms with E-state index in [4.69, 9.17) is 4.74 Å². The summed E-state index contributed by atoms with van der Waals surface area (Å²) >= 11 is 0. The fourth-order valence-corrected chi connectivity index (χ4v) is 3.24. The van der Waals surface area contributed by atoms with Crippen LogP contribution in [0.5, 0.6) is 0 Å². The summed E-state index contributed by atoms with van der Waals surface area (Å²) in [7, 11) is -1.99. The Morgan fingerprint density at radius 2 is 1.86 bits per heavy atom. The van der Waals surface area contributed by atoms with Crippen molar-refractivity contribution in [2.24, 2.45) is 0 Å². The molecule has 2 rings (SSSR count). The van der Waals surface area contributed by atoms with Crippen LogP contribution in [-0.2, 0) is 20.2 Å². The molecule has 1 atom stereocenters. The SMILES string of the molecule is CN1CC(CNS(=O)(=O)c2ccc(C(C)(C)C)cc2)OC1=O. The summed E-state index contributed by atoms with van der Waals surface area (Å²) in [4.78, 5) is 12.9. The van der Waals surface area contributed by atoms with Gasteiger partial charge in [-0.15, -0.1) is 0 Å².